The molecule has 1 aliphatic carbocycles. The number of rotatable bonds is 1. The van der Waals surface area contributed by atoms with E-state index in [9.17, 15) is 0 Å². The van der Waals surface area contributed by atoms with Crippen molar-refractivity contribution in [3.8, 4) is 0 Å². The summed E-state index contributed by atoms with van der Waals surface area (Å²) in [5.74, 6) is 1.17. The topological polar surface area (TPSA) is 32.3 Å². The predicted octanol–water partition coefficient (Wildman–Crippen LogP) is 2.32. The van der Waals surface area contributed by atoms with Crippen molar-refractivity contribution < 1.29 is 0 Å². The highest BCUT2D eigenvalue weighted by atomic mass is 32.1. The first-order valence-corrected chi connectivity index (χ1v) is 8.33. The Labute approximate surface area is 123 Å². The summed E-state index contributed by atoms with van der Waals surface area (Å²) in [5.41, 5.74) is 2.74. The van der Waals surface area contributed by atoms with Gasteiger partial charge in [-0.3, -0.25) is 0 Å². The van der Waals surface area contributed by atoms with E-state index in [0.717, 1.165) is 26.2 Å². The zero-order chi connectivity index (χ0) is 13.5. The molecule has 4 nitrogen and oxygen atoms in total. The Kier molecular flexibility index (Phi) is 3.11. The van der Waals surface area contributed by atoms with Crippen molar-refractivity contribution in [2.24, 2.45) is 0 Å². The molecule has 0 amide bonds. The fourth-order valence-corrected chi connectivity index (χ4v) is 4.64. The molecule has 1 saturated heterocycles. The molecule has 0 unspecified atom stereocenters. The second-order valence-electron chi connectivity index (χ2n) is 5.88. The summed E-state index contributed by atoms with van der Waals surface area (Å²) in [7, 11) is 2.19. The summed E-state index contributed by atoms with van der Waals surface area (Å²) < 4.78 is 1.32. The lowest BCUT2D eigenvalue weighted by atomic mass is 9.98. The lowest BCUT2D eigenvalue weighted by Crippen LogP contribution is -2.44. The highest BCUT2D eigenvalue weighted by molar-refractivity contribution is 7.19. The van der Waals surface area contributed by atoms with Gasteiger partial charge in [-0.15, -0.1) is 11.3 Å². The SMILES string of the molecule is CN1CCN(c2ncnc3c4c(sc23)CCCC4)CC1. The number of anilines is 1. The molecule has 2 aromatic heterocycles. The van der Waals surface area contributed by atoms with E-state index in [1.54, 1.807) is 11.2 Å². The summed E-state index contributed by atoms with van der Waals surface area (Å²) >= 11 is 1.94. The van der Waals surface area contributed by atoms with Gasteiger partial charge in [0.1, 0.15) is 12.1 Å². The lowest BCUT2D eigenvalue weighted by molar-refractivity contribution is 0.312. The van der Waals surface area contributed by atoms with Gasteiger partial charge in [0.15, 0.2) is 0 Å². The Morgan fingerprint density at radius 1 is 1.05 bits per heavy atom. The zero-order valence-corrected chi connectivity index (χ0v) is 12.7. The molecule has 4 rings (SSSR count). The fourth-order valence-electron chi connectivity index (χ4n) is 3.28. The minimum absolute atomic E-state index is 1.07. The minimum Gasteiger partial charge on any atom is -0.353 e. The van der Waals surface area contributed by atoms with Gasteiger partial charge in [0, 0.05) is 31.1 Å². The van der Waals surface area contributed by atoms with Gasteiger partial charge in [-0.25, -0.2) is 9.97 Å². The number of hydrogen-bond donors (Lipinski definition) is 0. The van der Waals surface area contributed by atoms with Crippen LogP contribution in [0.1, 0.15) is 23.3 Å². The second-order valence-corrected chi connectivity index (χ2v) is 6.98. The van der Waals surface area contributed by atoms with Gasteiger partial charge in [0.2, 0.25) is 0 Å². The number of aryl methyl sites for hydroxylation is 2. The van der Waals surface area contributed by atoms with Gasteiger partial charge < -0.3 is 9.80 Å². The van der Waals surface area contributed by atoms with Crippen LogP contribution in [-0.4, -0.2) is 48.1 Å². The van der Waals surface area contributed by atoms with E-state index in [1.165, 1.54) is 47.3 Å². The zero-order valence-electron chi connectivity index (χ0n) is 11.9. The number of piperazine rings is 1. The second kappa shape index (κ2) is 4.97. The molecule has 20 heavy (non-hydrogen) atoms. The third kappa shape index (κ3) is 2.00. The van der Waals surface area contributed by atoms with Gasteiger partial charge in [-0.05, 0) is 38.3 Å². The predicted molar refractivity (Wildman–Crippen MR) is 83.8 cm³/mol. The Hall–Kier alpha value is -1.20. The van der Waals surface area contributed by atoms with Crippen molar-refractivity contribution in [3.63, 3.8) is 0 Å². The largest absolute Gasteiger partial charge is 0.353 e. The first-order valence-electron chi connectivity index (χ1n) is 7.51. The molecule has 5 heteroatoms. The van der Waals surface area contributed by atoms with Crippen LogP contribution in [0.2, 0.25) is 0 Å². The molecular weight excluding hydrogens is 268 g/mol. The molecule has 0 aromatic carbocycles. The van der Waals surface area contributed by atoms with E-state index in [1.807, 2.05) is 11.3 Å². The molecular formula is C15H20N4S. The van der Waals surface area contributed by atoms with Gasteiger partial charge in [0.05, 0.1) is 10.2 Å². The van der Waals surface area contributed by atoms with Crippen LogP contribution < -0.4 is 4.90 Å². The smallest absolute Gasteiger partial charge is 0.150 e. The number of aromatic nitrogens is 2. The Morgan fingerprint density at radius 3 is 2.70 bits per heavy atom. The monoisotopic (exact) mass is 288 g/mol. The number of likely N-dealkylation sites (N-methyl/N-ethyl adjacent to an activating group) is 1. The van der Waals surface area contributed by atoms with Gasteiger partial charge >= 0.3 is 0 Å². The van der Waals surface area contributed by atoms with Gasteiger partial charge in [-0.2, -0.15) is 0 Å². The third-order valence-corrected chi connectivity index (χ3v) is 5.79. The molecule has 0 radical (unpaired) electrons. The standard InChI is InChI=1S/C15H20N4S/c1-18-6-8-19(9-7-18)15-14-13(16-10-17-15)11-4-2-3-5-12(11)20-14/h10H,2-9H2,1H3. The number of hydrogen-bond acceptors (Lipinski definition) is 5. The molecule has 0 N–H and O–H groups in total. The first-order chi connectivity index (χ1) is 9.83. The average Bonchev–Trinajstić information content (AvgIpc) is 2.87. The van der Waals surface area contributed by atoms with Crippen molar-refractivity contribution in [1.29, 1.82) is 0 Å². The van der Waals surface area contributed by atoms with E-state index in [0.29, 0.717) is 0 Å². The van der Waals surface area contributed by atoms with Crippen LogP contribution in [0.15, 0.2) is 6.33 Å². The normalized spacial score (nSPS) is 20.4. The van der Waals surface area contributed by atoms with Crippen molar-refractivity contribution >= 4 is 27.4 Å². The van der Waals surface area contributed by atoms with Crippen molar-refractivity contribution in [2.45, 2.75) is 25.7 Å². The van der Waals surface area contributed by atoms with Crippen molar-refractivity contribution in [2.75, 3.05) is 38.1 Å². The van der Waals surface area contributed by atoms with E-state index < -0.39 is 0 Å². The Morgan fingerprint density at radius 2 is 1.85 bits per heavy atom. The van der Waals surface area contributed by atoms with Gasteiger partial charge in [-0.1, -0.05) is 0 Å². The first kappa shape index (κ1) is 12.5. The summed E-state index contributed by atoms with van der Waals surface area (Å²) in [6.07, 6.45) is 6.84. The van der Waals surface area contributed by atoms with Crippen molar-refractivity contribution in [3.05, 3.63) is 16.8 Å². The molecule has 1 fully saturated rings. The summed E-state index contributed by atoms with van der Waals surface area (Å²) in [6, 6.07) is 0. The summed E-state index contributed by atoms with van der Waals surface area (Å²) in [5, 5.41) is 0. The summed E-state index contributed by atoms with van der Waals surface area (Å²) in [6.45, 7) is 4.39. The molecule has 0 spiro atoms. The van der Waals surface area contributed by atoms with Crippen LogP contribution >= 0.6 is 11.3 Å². The molecule has 1 aliphatic heterocycles. The Balaban J connectivity index is 1.78. The van der Waals surface area contributed by atoms with E-state index >= 15 is 0 Å². The molecule has 2 aliphatic rings. The fraction of sp³-hybridized carbons (Fsp3) is 0.600. The van der Waals surface area contributed by atoms with Crippen LogP contribution in [0.4, 0.5) is 5.82 Å². The van der Waals surface area contributed by atoms with Crippen LogP contribution in [-0.2, 0) is 12.8 Å². The average molecular weight is 288 g/mol. The molecule has 2 aromatic rings. The number of thiophene rings is 1. The van der Waals surface area contributed by atoms with Crippen LogP contribution in [0, 0.1) is 0 Å². The maximum atomic E-state index is 4.61. The summed E-state index contributed by atoms with van der Waals surface area (Å²) in [4.78, 5) is 15.6. The highest BCUT2D eigenvalue weighted by Gasteiger charge is 2.23. The molecule has 0 bridgehead atoms. The van der Waals surface area contributed by atoms with Crippen LogP contribution in [0.5, 0.6) is 0 Å². The maximum absolute atomic E-state index is 4.61. The molecule has 0 atom stereocenters. The van der Waals surface area contributed by atoms with Crippen LogP contribution in [0.25, 0.3) is 10.2 Å². The molecule has 106 valence electrons. The number of fused-ring (bicyclic) bond motifs is 3. The van der Waals surface area contributed by atoms with E-state index in [-0.39, 0.29) is 0 Å². The molecule has 0 saturated carbocycles. The maximum Gasteiger partial charge on any atom is 0.150 e. The van der Waals surface area contributed by atoms with Gasteiger partial charge in [0.25, 0.3) is 0 Å². The van der Waals surface area contributed by atoms with E-state index in [2.05, 4.69) is 26.8 Å². The minimum atomic E-state index is 1.07. The number of nitrogens with zero attached hydrogens (tertiary/aromatic N) is 4. The lowest BCUT2D eigenvalue weighted by Gasteiger charge is -2.33. The quantitative estimate of drug-likeness (QED) is 0.806. The highest BCUT2D eigenvalue weighted by Crippen LogP contribution is 2.39. The van der Waals surface area contributed by atoms with Crippen molar-refractivity contribution in [1.82, 2.24) is 14.9 Å². The van der Waals surface area contributed by atoms with Crippen LogP contribution in [0.3, 0.4) is 0 Å². The Bertz CT molecular complexity index is 628. The molecule has 3 heterocycles. The third-order valence-electron chi connectivity index (χ3n) is 4.52. The van der Waals surface area contributed by atoms with E-state index in [4.69, 9.17) is 0 Å².